The van der Waals surface area contributed by atoms with Gasteiger partial charge in [-0.15, -0.1) is 0 Å². The standard InChI is InChI=1S/C15H21NO2/c1-5-16(11(2)3)12(4)8-13-6-7-14-15(9-13)18-10-17-14/h6-7,9,12H,2,5,8,10H2,1,3-4H3. The third kappa shape index (κ3) is 2.61. The molecule has 0 spiro atoms. The first-order valence-corrected chi connectivity index (χ1v) is 6.42. The molecule has 0 aliphatic carbocycles. The third-order valence-electron chi connectivity index (χ3n) is 3.33. The van der Waals surface area contributed by atoms with Crippen molar-refractivity contribution in [3.63, 3.8) is 0 Å². The molecule has 0 bridgehead atoms. The fourth-order valence-corrected chi connectivity index (χ4v) is 2.48. The molecule has 98 valence electrons. The number of ether oxygens (including phenoxy) is 2. The van der Waals surface area contributed by atoms with Crippen LogP contribution in [-0.2, 0) is 6.42 Å². The van der Waals surface area contributed by atoms with Crippen molar-refractivity contribution in [3.8, 4) is 11.5 Å². The lowest BCUT2D eigenvalue weighted by atomic mass is 10.0. The Bertz CT molecular complexity index is 442. The molecule has 0 amide bonds. The normalized spacial score (nSPS) is 14.4. The highest BCUT2D eigenvalue weighted by Crippen LogP contribution is 2.33. The van der Waals surface area contributed by atoms with Gasteiger partial charge in [0.25, 0.3) is 0 Å². The molecule has 1 aromatic rings. The third-order valence-corrected chi connectivity index (χ3v) is 3.33. The van der Waals surface area contributed by atoms with Crippen LogP contribution >= 0.6 is 0 Å². The maximum Gasteiger partial charge on any atom is 0.231 e. The van der Waals surface area contributed by atoms with Gasteiger partial charge in [0.15, 0.2) is 11.5 Å². The topological polar surface area (TPSA) is 21.7 Å². The van der Waals surface area contributed by atoms with E-state index in [0.29, 0.717) is 12.8 Å². The van der Waals surface area contributed by atoms with Gasteiger partial charge < -0.3 is 14.4 Å². The Morgan fingerprint density at radius 2 is 2.11 bits per heavy atom. The quantitative estimate of drug-likeness (QED) is 0.797. The lowest BCUT2D eigenvalue weighted by Gasteiger charge is -2.30. The van der Waals surface area contributed by atoms with Gasteiger partial charge in [0, 0.05) is 18.3 Å². The van der Waals surface area contributed by atoms with Crippen LogP contribution in [0, 0.1) is 0 Å². The number of hydrogen-bond acceptors (Lipinski definition) is 3. The summed E-state index contributed by atoms with van der Waals surface area (Å²) >= 11 is 0. The van der Waals surface area contributed by atoms with Gasteiger partial charge in [-0.05, 0) is 44.9 Å². The van der Waals surface area contributed by atoms with Crippen LogP contribution in [0.25, 0.3) is 0 Å². The Morgan fingerprint density at radius 3 is 2.78 bits per heavy atom. The van der Waals surface area contributed by atoms with E-state index in [2.05, 4.69) is 44.4 Å². The molecule has 0 saturated heterocycles. The molecular weight excluding hydrogens is 226 g/mol. The van der Waals surface area contributed by atoms with E-state index in [9.17, 15) is 0 Å². The maximum absolute atomic E-state index is 5.40. The molecule has 0 aromatic heterocycles. The van der Waals surface area contributed by atoms with Gasteiger partial charge in [0.05, 0.1) is 0 Å². The Balaban J connectivity index is 2.07. The van der Waals surface area contributed by atoms with Gasteiger partial charge in [-0.3, -0.25) is 0 Å². The summed E-state index contributed by atoms with van der Waals surface area (Å²) in [7, 11) is 0. The highest BCUT2D eigenvalue weighted by Gasteiger charge is 2.16. The summed E-state index contributed by atoms with van der Waals surface area (Å²) in [6.45, 7) is 11.8. The minimum Gasteiger partial charge on any atom is -0.454 e. The van der Waals surface area contributed by atoms with Crippen LogP contribution in [0.1, 0.15) is 26.3 Å². The van der Waals surface area contributed by atoms with Crippen LogP contribution in [0.4, 0.5) is 0 Å². The molecule has 0 saturated carbocycles. The molecule has 1 atom stereocenters. The molecule has 1 aliphatic rings. The highest BCUT2D eigenvalue weighted by atomic mass is 16.7. The zero-order chi connectivity index (χ0) is 13.1. The van der Waals surface area contributed by atoms with E-state index in [0.717, 1.165) is 30.2 Å². The van der Waals surface area contributed by atoms with E-state index in [1.54, 1.807) is 0 Å². The summed E-state index contributed by atoms with van der Waals surface area (Å²) in [5.74, 6) is 1.71. The van der Waals surface area contributed by atoms with Gasteiger partial charge in [-0.25, -0.2) is 0 Å². The van der Waals surface area contributed by atoms with Crippen molar-refractivity contribution in [1.82, 2.24) is 4.90 Å². The van der Waals surface area contributed by atoms with Crippen molar-refractivity contribution in [2.24, 2.45) is 0 Å². The van der Waals surface area contributed by atoms with Crippen molar-refractivity contribution in [3.05, 3.63) is 36.0 Å². The molecule has 1 aliphatic heterocycles. The van der Waals surface area contributed by atoms with Crippen LogP contribution in [-0.4, -0.2) is 24.3 Å². The average molecular weight is 247 g/mol. The molecule has 0 fully saturated rings. The minimum atomic E-state index is 0.335. The van der Waals surface area contributed by atoms with Gasteiger partial charge in [-0.2, -0.15) is 0 Å². The SMILES string of the molecule is C=C(C)N(CC)C(C)Cc1ccc2c(c1)OCO2. The number of nitrogens with zero attached hydrogens (tertiary/aromatic N) is 1. The maximum atomic E-state index is 5.40. The predicted molar refractivity (Wildman–Crippen MR) is 72.9 cm³/mol. The number of fused-ring (bicyclic) bond motifs is 1. The van der Waals surface area contributed by atoms with E-state index >= 15 is 0 Å². The Morgan fingerprint density at radius 1 is 1.39 bits per heavy atom. The second-order valence-corrected chi connectivity index (χ2v) is 4.76. The summed E-state index contributed by atoms with van der Waals surface area (Å²) in [5, 5.41) is 0. The van der Waals surface area contributed by atoms with Crippen molar-refractivity contribution in [1.29, 1.82) is 0 Å². The molecule has 1 aromatic carbocycles. The minimum absolute atomic E-state index is 0.335. The molecular formula is C15H21NO2. The number of benzene rings is 1. The Hall–Kier alpha value is -1.64. The zero-order valence-corrected chi connectivity index (χ0v) is 11.4. The van der Waals surface area contributed by atoms with E-state index in [1.165, 1.54) is 5.56 Å². The highest BCUT2D eigenvalue weighted by molar-refractivity contribution is 5.44. The second kappa shape index (κ2) is 5.34. The molecule has 18 heavy (non-hydrogen) atoms. The van der Waals surface area contributed by atoms with E-state index in [-0.39, 0.29) is 0 Å². The summed E-state index contributed by atoms with van der Waals surface area (Å²) < 4.78 is 10.7. The van der Waals surface area contributed by atoms with Crippen molar-refractivity contribution < 1.29 is 9.47 Å². The second-order valence-electron chi connectivity index (χ2n) is 4.76. The predicted octanol–water partition coefficient (Wildman–Crippen LogP) is 3.20. The first-order chi connectivity index (χ1) is 8.61. The molecule has 3 nitrogen and oxygen atoms in total. The summed E-state index contributed by atoms with van der Waals surface area (Å²) in [6.07, 6.45) is 0.983. The lowest BCUT2D eigenvalue weighted by Crippen LogP contribution is -2.32. The van der Waals surface area contributed by atoms with Crippen LogP contribution in [0.2, 0.25) is 0 Å². The fraction of sp³-hybridized carbons (Fsp3) is 0.467. The smallest absolute Gasteiger partial charge is 0.231 e. The first-order valence-electron chi connectivity index (χ1n) is 6.42. The van der Waals surface area contributed by atoms with Gasteiger partial charge >= 0.3 is 0 Å². The van der Waals surface area contributed by atoms with E-state index < -0.39 is 0 Å². The fourth-order valence-electron chi connectivity index (χ4n) is 2.48. The number of rotatable bonds is 5. The van der Waals surface area contributed by atoms with Crippen molar-refractivity contribution in [2.75, 3.05) is 13.3 Å². The van der Waals surface area contributed by atoms with Crippen LogP contribution in [0.15, 0.2) is 30.5 Å². The molecule has 1 unspecified atom stereocenters. The van der Waals surface area contributed by atoms with Crippen LogP contribution in [0.5, 0.6) is 11.5 Å². The van der Waals surface area contributed by atoms with Crippen LogP contribution in [0.3, 0.4) is 0 Å². The van der Waals surface area contributed by atoms with Crippen LogP contribution < -0.4 is 9.47 Å². The lowest BCUT2D eigenvalue weighted by molar-refractivity contribution is 0.174. The average Bonchev–Trinajstić information content (AvgIpc) is 2.76. The largest absolute Gasteiger partial charge is 0.454 e. The molecule has 2 rings (SSSR count). The van der Waals surface area contributed by atoms with Gasteiger partial charge in [-0.1, -0.05) is 12.6 Å². The number of hydrogen-bond donors (Lipinski definition) is 0. The van der Waals surface area contributed by atoms with Crippen molar-refractivity contribution in [2.45, 2.75) is 33.2 Å². The Labute approximate surface area is 109 Å². The monoisotopic (exact) mass is 247 g/mol. The Kier molecular flexibility index (Phi) is 3.80. The van der Waals surface area contributed by atoms with E-state index in [1.807, 2.05) is 6.07 Å². The number of allylic oxidation sites excluding steroid dienone is 1. The number of likely N-dealkylation sites (N-methyl/N-ethyl adjacent to an activating group) is 1. The summed E-state index contributed by atoms with van der Waals surface area (Å²) in [4.78, 5) is 2.31. The summed E-state index contributed by atoms with van der Waals surface area (Å²) in [6, 6.07) is 6.61. The van der Waals surface area contributed by atoms with Gasteiger partial charge in [0.2, 0.25) is 6.79 Å². The van der Waals surface area contributed by atoms with Crippen molar-refractivity contribution >= 4 is 0 Å². The molecule has 3 heteroatoms. The molecule has 0 N–H and O–H groups in total. The molecule has 1 heterocycles. The zero-order valence-electron chi connectivity index (χ0n) is 11.4. The van der Waals surface area contributed by atoms with Gasteiger partial charge in [0.1, 0.15) is 0 Å². The molecule has 0 radical (unpaired) electrons. The summed E-state index contributed by atoms with van der Waals surface area (Å²) in [5.41, 5.74) is 2.39. The van der Waals surface area contributed by atoms with E-state index in [4.69, 9.17) is 9.47 Å². The first kappa shape index (κ1) is 12.8.